The lowest BCUT2D eigenvalue weighted by atomic mass is 10.0. The summed E-state index contributed by atoms with van der Waals surface area (Å²) in [5.74, 6) is -0.364. The van der Waals surface area contributed by atoms with Crippen molar-refractivity contribution < 1.29 is 18.0 Å². The molecule has 3 aromatic rings. The molecule has 0 bridgehead atoms. The highest BCUT2D eigenvalue weighted by Crippen LogP contribution is 2.33. The minimum Gasteiger partial charge on any atom is -0.383 e. The van der Waals surface area contributed by atoms with Crippen LogP contribution in [0.25, 0.3) is 16.8 Å². The van der Waals surface area contributed by atoms with Crippen LogP contribution in [0.4, 0.5) is 13.2 Å². The molecule has 0 radical (unpaired) electrons. The minimum atomic E-state index is -4.49. The number of hydrogen-bond acceptors (Lipinski definition) is 4. The fraction of sp³-hybridized carbons (Fsp3) is 0.211. The monoisotopic (exact) mass is 374 g/mol. The van der Waals surface area contributed by atoms with Gasteiger partial charge in [-0.25, -0.2) is 0 Å². The number of ketones is 1. The lowest BCUT2D eigenvalue weighted by Crippen LogP contribution is -2.05. The molecular formula is C19H17F3N4O. The summed E-state index contributed by atoms with van der Waals surface area (Å²) in [6.07, 6.45) is -1.56. The summed E-state index contributed by atoms with van der Waals surface area (Å²) in [5, 5.41) is 8.51. The normalized spacial score (nSPS) is 12.1. The largest absolute Gasteiger partial charge is 0.416 e. The molecule has 3 rings (SSSR count). The third-order valence-electron chi connectivity index (χ3n) is 3.87. The Morgan fingerprint density at radius 3 is 2.56 bits per heavy atom. The number of alkyl halides is 3. The van der Waals surface area contributed by atoms with Crippen molar-refractivity contribution in [3.05, 3.63) is 65.5 Å². The first kappa shape index (κ1) is 18.6. The van der Waals surface area contributed by atoms with Crippen LogP contribution in [0.5, 0.6) is 0 Å². The van der Waals surface area contributed by atoms with Gasteiger partial charge < -0.3 is 4.90 Å². The van der Waals surface area contributed by atoms with E-state index in [-0.39, 0.29) is 22.6 Å². The number of rotatable bonds is 4. The molecular weight excluding hydrogens is 357 g/mol. The minimum absolute atomic E-state index is 0.160. The Bertz CT molecular complexity index is 1040. The van der Waals surface area contributed by atoms with Gasteiger partial charge in [-0.1, -0.05) is 12.1 Å². The first-order chi connectivity index (χ1) is 12.7. The summed E-state index contributed by atoms with van der Waals surface area (Å²) in [5.41, 5.74) is 0.871. The average Bonchev–Trinajstić information content (AvgIpc) is 2.97. The van der Waals surface area contributed by atoms with Crippen LogP contribution in [0.2, 0.25) is 0 Å². The van der Waals surface area contributed by atoms with E-state index in [9.17, 15) is 18.0 Å². The van der Waals surface area contributed by atoms with Gasteiger partial charge in [0.15, 0.2) is 5.78 Å². The van der Waals surface area contributed by atoms with Crippen LogP contribution in [0, 0.1) is 6.92 Å². The van der Waals surface area contributed by atoms with Crippen molar-refractivity contribution in [3.63, 3.8) is 0 Å². The summed E-state index contributed by atoms with van der Waals surface area (Å²) >= 11 is 0. The third kappa shape index (κ3) is 3.84. The van der Waals surface area contributed by atoms with Gasteiger partial charge in [0.2, 0.25) is 0 Å². The molecule has 0 fully saturated rings. The van der Waals surface area contributed by atoms with Crippen LogP contribution in [0.1, 0.15) is 21.6 Å². The highest BCUT2D eigenvalue weighted by molar-refractivity contribution is 6.13. The van der Waals surface area contributed by atoms with E-state index in [1.165, 1.54) is 22.8 Å². The first-order valence-corrected chi connectivity index (χ1v) is 8.10. The Labute approximate surface area is 153 Å². The van der Waals surface area contributed by atoms with E-state index in [0.29, 0.717) is 11.2 Å². The summed E-state index contributed by atoms with van der Waals surface area (Å²) in [7, 11) is 3.52. The zero-order valence-electron chi connectivity index (χ0n) is 14.9. The van der Waals surface area contributed by atoms with Gasteiger partial charge in [0, 0.05) is 31.9 Å². The number of halogens is 3. The molecule has 140 valence electrons. The van der Waals surface area contributed by atoms with E-state index in [1.807, 2.05) is 0 Å². The number of aromatic nitrogens is 3. The molecule has 0 amide bonds. The molecule has 8 heteroatoms. The molecule has 5 nitrogen and oxygen atoms in total. The van der Waals surface area contributed by atoms with Gasteiger partial charge in [0.1, 0.15) is 5.69 Å². The van der Waals surface area contributed by atoms with E-state index in [1.54, 1.807) is 44.3 Å². The fourth-order valence-corrected chi connectivity index (χ4v) is 2.62. The predicted octanol–water partition coefficient (Wildman–Crippen LogP) is 3.98. The Kier molecular flexibility index (Phi) is 4.73. The highest BCUT2D eigenvalue weighted by atomic mass is 19.4. The van der Waals surface area contributed by atoms with Crippen LogP contribution >= 0.6 is 0 Å². The molecule has 2 heterocycles. The quantitative estimate of drug-likeness (QED) is 0.512. The van der Waals surface area contributed by atoms with Gasteiger partial charge in [-0.2, -0.15) is 22.9 Å². The molecule has 0 aliphatic carbocycles. The van der Waals surface area contributed by atoms with Gasteiger partial charge in [0.05, 0.1) is 22.3 Å². The van der Waals surface area contributed by atoms with Crippen molar-refractivity contribution >= 4 is 11.3 Å². The van der Waals surface area contributed by atoms with Crippen LogP contribution in [-0.4, -0.2) is 39.6 Å². The number of benzene rings is 1. The molecule has 0 aliphatic rings. The molecule has 0 saturated carbocycles. The average molecular weight is 374 g/mol. The van der Waals surface area contributed by atoms with Gasteiger partial charge in [-0.3, -0.25) is 4.79 Å². The SMILES string of the molecule is Cc1ccc2c(C(=O)/C=C/N(C)C)c(-c3cccc(C(F)(F)F)c3)nn2n1. The number of carbonyl (C=O) groups excluding carboxylic acids is 1. The molecule has 27 heavy (non-hydrogen) atoms. The molecule has 0 saturated heterocycles. The van der Waals surface area contributed by atoms with Crippen molar-refractivity contribution in [2.24, 2.45) is 0 Å². The standard InChI is InChI=1S/C19H17F3N4O/c1-12-7-8-15-17(16(27)9-10-25(2)3)18(24-26(15)23-12)13-5-4-6-14(11-13)19(20,21)22/h4-11H,1-3H3/b10-9+. The van der Waals surface area contributed by atoms with Crippen molar-refractivity contribution in [3.8, 4) is 11.3 Å². The van der Waals surface area contributed by atoms with Crippen LogP contribution in [-0.2, 0) is 6.18 Å². The number of aryl methyl sites for hydroxylation is 1. The Hall–Kier alpha value is -3.16. The lowest BCUT2D eigenvalue weighted by molar-refractivity contribution is -0.137. The molecule has 1 aromatic carbocycles. The Morgan fingerprint density at radius 1 is 1.15 bits per heavy atom. The summed E-state index contributed by atoms with van der Waals surface area (Å²) in [4.78, 5) is 14.5. The van der Waals surface area contributed by atoms with E-state index >= 15 is 0 Å². The lowest BCUT2D eigenvalue weighted by Gasteiger charge is -2.08. The second kappa shape index (κ2) is 6.86. The molecule has 2 aromatic heterocycles. The maximum atomic E-state index is 13.1. The van der Waals surface area contributed by atoms with Crippen LogP contribution < -0.4 is 0 Å². The van der Waals surface area contributed by atoms with Gasteiger partial charge in [0.25, 0.3) is 0 Å². The fourth-order valence-electron chi connectivity index (χ4n) is 2.62. The van der Waals surface area contributed by atoms with E-state index in [4.69, 9.17) is 0 Å². The maximum Gasteiger partial charge on any atom is 0.416 e. The number of allylic oxidation sites excluding steroid dienone is 1. The van der Waals surface area contributed by atoms with E-state index < -0.39 is 11.7 Å². The number of hydrogen-bond donors (Lipinski definition) is 0. The number of carbonyl (C=O) groups is 1. The van der Waals surface area contributed by atoms with Crippen molar-refractivity contribution in [1.29, 1.82) is 0 Å². The summed E-state index contributed by atoms with van der Waals surface area (Å²) in [6, 6.07) is 8.17. The topological polar surface area (TPSA) is 50.5 Å². The van der Waals surface area contributed by atoms with Gasteiger partial charge >= 0.3 is 6.18 Å². The summed E-state index contributed by atoms with van der Waals surface area (Å²) < 4.78 is 40.5. The molecule has 0 unspecified atom stereocenters. The Morgan fingerprint density at radius 2 is 1.89 bits per heavy atom. The van der Waals surface area contributed by atoms with Gasteiger partial charge in [-0.15, -0.1) is 5.10 Å². The first-order valence-electron chi connectivity index (χ1n) is 8.10. The third-order valence-corrected chi connectivity index (χ3v) is 3.87. The molecule has 0 atom stereocenters. The van der Waals surface area contributed by atoms with Gasteiger partial charge in [-0.05, 0) is 31.2 Å². The zero-order valence-corrected chi connectivity index (χ0v) is 14.9. The van der Waals surface area contributed by atoms with E-state index in [2.05, 4.69) is 10.2 Å². The molecule has 0 aliphatic heterocycles. The van der Waals surface area contributed by atoms with Crippen LogP contribution in [0.15, 0.2) is 48.7 Å². The molecule has 0 N–H and O–H groups in total. The Balaban J connectivity index is 2.23. The molecule has 0 spiro atoms. The van der Waals surface area contributed by atoms with Crippen molar-refractivity contribution in [1.82, 2.24) is 19.7 Å². The smallest absolute Gasteiger partial charge is 0.383 e. The maximum absolute atomic E-state index is 13.1. The number of fused-ring (bicyclic) bond motifs is 1. The van der Waals surface area contributed by atoms with Crippen molar-refractivity contribution in [2.45, 2.75) is 13.1 Å². The highest BCUT2D eigenvalue weighted by Gasteiger charge is 2.31. The van der Waals surface area contributed by atoms with E-state index in [0.717, 1.165) is 12.1 Å². The predicted molar refractivity (Wildman–Crippen MR) is 95.3 cm³/mol. The van der Waals surface area contributed by atoms with Crippen LogP contribution in [0.3, 0.4) is 0 Å². The van der Waals surface area contributed by atoms with Crippen molar-refractivity contribution in [2.75, 3.05) is 14.1 Å². The zero-order chi connectivity index (χ0) is 19.8. The number of nitrogens with zero attached hydrogens (tertiary/aromatic N) is 4. The summed E-state index contributed by atoms with van der Waals surface area (Å²) in [6.45, 7) is 1.76. The second-order valence-electron chi connectivity index (χ2n) is 6.30. The second-order valence-corrected chi connectivity index (χ2v) is 6.30.